The number of hydrogen-bond acceptors (Lipinski definition) is 4. The van der Waals surface area contributed by atoms with E-state index in [4.69, 9.17) is 9.73 Å². The SMILES string of the molecule is CCNC(=NCc1ncc(C)c(OC)c1C)NCC1CCCN1CC.I. The Morgan fingerprint density at radius 2 is 2.12 bits per heavy atom. The Hall–Kier alpha value is -1.09. The molecule has 1 fully saturated rings. The minimum absolute atomic E-state index is 0. The first-order valence-corrected chi connectivity index (χ1v) is 9.35. The summed E-state index contributed by atoms with van der Waals surface area (Å²) in [6.45, 7) is 13.0. The van der Waals surface area contributed by atoms with Crippen LogP contribution in [0.4, 0.5) is 0 Å². The highest BCUT2D eigenvalue weighted by Crippen LogP contribution is 2.24. The van der Waals surface area contributed by atoms with Crippen molar-refractivity contribution in [2.75, 3.05) is 33.3 Å². The minimum Gasteiger partial charge on any atom is -0.496 e. The number of nitrogens with one attached hydrogen (secondary N) is 2. The molecule has 1 aliphatic heterocycles. The number of likely N-dealkylation sites (tertiary alicyclic amines) is 1. The molecule has 0 bridgehead atoms. The summed E-state index contributed by atoms with van der Waals surface area (Å²) < 4.78 is 5.48. The molecule has 0 saturated carbocycles. The van der Waals surface area contributed by atoms with E-state index in [9.17, 15) is 0 Å². The van der Waals surface area contributed by atoms with Crippen molar-refractivity contribution in [3.05, 3.63) is 23.0 Å². The van der Waals surface area contributed by atoms with Crippen LogP contribution in [-0.4, -0.2) is 55.2 Å². The second-order valence-corrected chi connectivity index (χ2v) is 6.55. The van der Waals surface area contributed by atoms with E-state index in [1.165, 1.54) is 19.4 Å². The summed E-state index contributed by atoms with van der Waals surface area (Å²) in [5, 5.41) is 6.83. The summed E-state index contributed by atoms with van der Waals surface area (Å²) in [6.07, 6.45) is 4.41. The number of pyridine rings is 1. The van der Waals surface area contributed by atoms with Gasteiger partial charge < -0.3 is 15.4 Å². The second kappa shape index (κ2) is 11.6. The van der Waals surface area contributed by atoms with E-state index in [1.54, 1.807) is 7.11 Å². The highest BCUT2D eigenvalue weighted by atomic mass is 127. The molecule has 0 radical (unpaired) electrons. The van der Waals surface area contributed by atoms with Gasteiger partial charge in [0.05, 0.1) is 19.3 Å². The van der Waals surface area contributed by atoms with Gasteiger partial charge >= 0.3 is 0 Å². The summed E-state index contributed by atoms with van der Waals surface area (Å²) in [5.74, 6) is 1.76. The summed E-state index contributed by atoms with van der Waals surface area (Å²) in [5.41, 5.74) is 3.07. The predicted octanol–water partition coefficient (Wildman–Crippen LogP) is 2.86. The fourth-order valence-corrected chi connectivity index (χ4v) is 3.48. The van der Waals surface area contributed by atoms with E-state index in [-0.39, 0.29) is 24.0 Å². The third-order valence-corrected chi connectivity index (χ3v) is 4.89. The van der Waals surface area contributed by atoms with Crippen LogP contribution in [0.25, 0.3) is 0 Å². The summed E-state index contributed by atoms with van der Waals surface area (Å²) in [6, 6.07) is 0.605. The summed E-state index contributed by atoms with van der Waals surface area (Å²) in [4.78, 5) is 11.8. The topological polar surface area (TPSA) is 61.8 Å². The second-order valence-electron chi connectivity index (χ2n) is 6.55. The Morgan fingerprint density at radius 3 is 2.77 bits per heavy atom. The van der Waals surface area contributed by atoms with Crippen LogP contribution in [-0.2, 0) is 6.54 Å². The van der Waals surface area contributed by atoms with Gasteiger partial charge in [-0.25, -0.2) is 4.99 Å². The average molecular weight is 475 g/mol. The van der Waals surface area contributed by atoms with Crippen LogP contribution in [0.3, 0.4) is 0 Å². The Kier molecular flexibility index (Phi) is 10.2. The van der Waals surface area contributed by atoms with Crippen LogP contribution in [0.5, 0.6) is 5.75 Å². The number of ether oxygens (including phenoxy) is 1. The van der Waals surface area contributed by atoms with E-state index < -0.39 is 0 Å². The van der Waals surface area contributed by atoms with Gasteiger partial charge in [0.1, 0.15) is 5.75 Å². The first-order chi connectivity index (χ1) is 12.1. The van der Waals surface area contributed by atoms with E-state index in [0.29, 0.717) is 12.6 Å². The van der Waals surface area contributed by atoms with E-state index >= 15 is 0 Å². The highest BCUT2D eigenvalue weighted by Gasteiger charge is 2.22. The number of methoxy groups -OCH3 is 1. The predicted molar refractivity (Wildman–Crippen MR) is 119 cm³/mol. The Balaban J connectivity index is 0.00000338. The van der Waals surface area contributed by atoms with Gasteiger partial charge in [0, 0.05) is 36.5 Å². The van der Waals surface area contributed by atoms with Gasteiger partial charge in [-0.1, -0.05) is 6.92 Å². The molecular weight excluding hydrogens is 441 g/mol. The lowest BCUT2D eigenvalue weighted by atomic mass is 10.1. The van der Waals surface area contributed by atoms with Crippen molar-refractivity contribution in [1.29, 1.82) is 0 Å². The molecule has 2 rings (SSSR count). The first-order valence-electron chi connectivity index (χ1n) is 9.35. The van der Waals surface area contributed by atoms with E-state index in [1.807, 2.05) is 20.0 Å². The molecule has 1 aliphatic rings. The molecule has 0 amide bonds. The van der Waals surface area contributed by atoms with Crippen LogP contribution in [0, 0.1) is 13.8 Å². The maximum absolute atomic E-state index is 5.48. The molecule has 6 nitrogen and oxygen atoms in total. The molecule has 1 unspecified atom stereocenters. The molecule has 2 N–H and O–H groups in total. The smallest absolute Gasteiger partial charge is 0.191 e. The minimum atomic E-state index is 0. The van der Waals surface area contributed by atoms with Gasteiger partial charge in [-0.05, 0) is 46.7 Å². The van der Waals surface area contributed by atoms with Gasteiger partial charge in [0.25, 0.3) is 0 Å². The number of aliphatic imine (C=N–C) groups is 1. The monoisotopic (exact) mass is 475 g/mol. The van der Waals surface area contributed by atoms with Crippen molar-refractivity contribution in [3.63, 3.8) is 0 Å². The third-order valence-electron chi connectivity index (χ3n) is 4.89. The average Bonchev–Trinajstić information content (AvgIpc) is 3.06. The number of aromatic nitrogens is 1. The van der Waals surface area contributed by atoms with Crippen molar-refractivity contribution in [1.82, 2.24) is 20.5 Å². The summed E-state index contributed by atoms with van der Waals surface area (Å²) >= 11 is 0. The Bertz CT molecular complexity index is 594. The Morgan fingerprint density at radius 1 is 1.35 bits per heavy atom. The maximum Gasteiger partial charge on any atom is 0.191 e. The molecule has 1 atom stereocenters. The van der Waals surface area contributed by atoms with Crippen molar-refractivity contribution in [2.45, 2.75) is 53.1 Å². The molecule has 26 heavy (non-hydrogen) atoms. The molecule has 0 spiro atoms. The fourth-order valence-electron chi connectivity index (χ4n) is 3.48. The van der Waals surface area contributed by atoms with Crippen LogP contribution >= 0.6 is 24.0 Å². The molecule has 1 aromatic heterocycles. The number of halogens is 1. The lowest BCUT2D eigenvalue weighted by molar-refractivity contribution is 0.267. The molecule has 1 aromatic rings. The van der Waals surface area contributed by atoms with Gasteiger partial charge in [-0.15, -0.1) is 24.0 Å². The highest BCUT2D eigenvalue weighted by molar-refractivity contribution is 14.0. The van der Waals surface area contributed by atoms with Crippen molar-refractivity contribution >= 4 is 29.9 Å². The first kappa shape index (κ1) is 23.0. The van der Waals surface area contributed by atoms with Crippen molar-refractivity contribution in [3.8, 4) is 5.75 Å². The molecule has 148 valence electrons. The molecular formula is C19H34IN5O. The normalized spacial score (nSPS) is 17.7. The number of aryl methyl sites for hydroxylation is 1. The fraction of sp³-hybridized carbons (Fsp3) is 0.684. The van der Waals surface area contributed by atoms with Gasteiger partial charge in [-0.3, -0.25) is 9.88 Å². The quantitative estimate of drug-likeness (QED) is 0.361. The van der Waals surface area contributed by atoms with E-state index in [2.05, 4.69) is 34.4 Å². The van der Waals surface area contributed by atoms with E-state index in [0.717, 1.165) is 48.2 Å². The molecule has 1 saturated heterocycles. The largest absolute Gasteiger partial charge is 0.496 e. The molecule has 0 aliphatic carbocycles. The molecule has 2 heterocycles. The van der Waals surface area contributed by atoms with Crippen molar-refractivity contribution < 1.29 is 4.74 Å². The van der Waals surface area contributed by atoms with Crippen LogP contribution in [0.2, 0.25) is 0 Å². The van der Waals surface area contributed by atoms with Crippen LogP contribution in [0.1, 0.15) is 43.5 Å². The zero-order chi connectivity index (χ0) is 18.2. The number of likely N-dealkylation sites (N-methyl/N-ethyl adjacent to an activating group) is 1. The van der Waals surface area contributed by atoms with Crippen molar-refractivity contribution in [2.24, 2.45) is 4.99 Å². The zero-order valence-electron chi connectivity index (χ0n) is 16.8. The number of hydrogen-bond donors (Lipinski definition) is 2. The number of nitrogens with zero attached hydrogens (tertiary/aromatic N) is 3. The zero-order valence-corrected chi connectivity index (χ0v) is 19.1. The van der Waals surface area contributed by atoms with Gasteiger partial charge in [0.15, 0.2) is 5.96 Å². The third kappa shape index (κ3) is 5.97. The summed E-state index contributed by atoms with van der Waals surface area (Å²) in [7, 11) is 1.70. The lowest BCUT2D eigenvalue weighted by Gasteiger charge is -2.24. The van der Waals surface area contributed by atoms with Crippen LogP contribution < -0.4 is 15.4 Å². The maximum atomic E-state index is 5.48. The van der Waals surface area contributed by atoms with Gasteiger partial charge in [-0.2, -0.15) is 0 Å². The standard InChI is InChI=1S/C19H33N5O.HI/c1-6-20-19(22-12-16-9-8-10-24(16)7-2)23-13-17-15(4)18(25-5)14(3)11-21-17;/h11,16H,6-10,12-13H2,1-5H3,(H2,20,22,23);1H. The molecule has 7 heteroatoms. The number of rotatable bonds is 7. The molecule has 0 aromatic carbocycles. The van der Waals surface area contributed by atoms with Gasteiger partial charge in [0.2, 0.25) is 0 Å². The number of guanidine groups is 1. The van der Waals surface area contributed by atoms with Crippen LogP contribution in [0.15, 0.2) is 11.2 Å². The Labute approximate surface area is 175 Å². The lowest BCUT2D eigenvalue weighted by Crippen LogP contribution is -2.44.